The molecule has 0 aromatic carbocycles. The van der Waals surface area contributed by atoms with Crippen LogP contribution in [0.4, 0.5) is 0 Å². The summed E-state index contributed by atoms with van der Waals surface area (Å²) in [7, 11) is 0. The van der Waals surface area contributed by atoms with Crippen LogP contribution < -0.4 is 0 Å². The molecule has 2 aliphatic heterocycles. The van der Waals surface area contributed by atoms with E-state index in [1.165, 1.54) is 0 Å². The van der Waals surface area contributed by atoms with Crippen LogP contribution in [0.1, 0.15) is 25.7 Å². The highest BCUT2D eigenvalue weighted by Gasteiger charge is 2.37. The summed E-state index contributed by atoms with van der Waals surface area (Å²) in [6.45, 7) is 0.801. The van der Waals surface area contributed by atoms with Crippen LogP contribution in [0.15, 0.2) is 0 Å². The molecule has 2 saturated heterocycles. The van der Waals surface area contributed by atoms with E-state index in [2.05, 4.69) is 0 Å². The lowest BCUT2D eigenvalue weighted by atomic mass is 10.0. The molecule has 0 radical (unpaired) electrons. The van der Waals surface area contributed by atoms with Gasteiger partial charge in [-0.2, -0.15) is 0 Å². The van der Waals surface area contributed by atoms with E-state index in [1.54, 1.807) is 4.90 Å². The third-order valence-corrected chi connectivity index (χ3v) is 2.53. The fraction of sp³-hybridized carbons (Fsp3) is 0.750. The second-order valence-electron chi connectivity index (χ2n) is 3.21. The Balaban J connectivity index is 2.20. The van der Waals surface area contributed by atoms with Crippen molar-refractivity contribution in [2.75, 3.05) is 6.54 Å². The summed E-state index contributed by atoms with van der Waals surface area (Å²) in [5, 5.41) is 0. The van der Waals surface area contributed by atoms with Gasteiger partial charge in [-0.1, -0.05) is 0 Å². The van der Waals surface area contributed by atoms with Crippen LogP contribution in [0.2, 0.25) is 0 Å². The number of rotatable bonds is 0. The minimum atomic E-state index is -0.0451. The average molecular weight is 153 g/mol. The van der Waals surface area contributed by atoms with E-state index < -0.39 is 0 Å². The molecule has 0 bridgehead atoms. The van der Waals surface area contributed by atoms with Gasteiger partial charge in [0.25, 0.3) is 0 Å². The number of Topliss-reactive ketones (excluding diaryl/α,β-unsaturated/α-hetero) is 1. The van der Waals surface area contributed by atoms with Gasteiger partial charge in [-0.25, -0.2) is 0 Å². The fourth-order valence-corrected chi connectivity index (χ4v) is 1.94. The molecule has 1 amide bonds. The summed E-state index contributed by atoms with van der Waals surface area (Å²) < 4.78 is 0. The highest BCUT2D eigenvalue weighted by Crippen LogP contribution is 2.24. The maximum absolute atomic E-state index is 11.2. The van der Waals surface area contributed by atoms with Crippen molar-refractivity contribution in [1.29, 1.82) is 0 Å². The number of hydrogen-bond acceptors (Lipinski definition) is 2. The Bertz CT molecular complexity index is 190. The van der Waals surface area contributed by atoms with Gasteiger partial charge in [-0.05, 0) is 12.8 Å². The summed E-state index contributed by atoms with van der Waals surface area (Å²) in [5.41, 5.74) is 0. The van der Waals surface area contributed by atoms with Gasteiger partial charge in [0.1, 0.15) is 0 Å². The zero-order valence-electron chi connectivity index (χ0n) is 6.38. The first-order valence-electron chi connectivity index (χ1n) is 4.11. The predicted molar refractivity (Wildman–Crippen MR) is 39.0 cm³/mol. The molecule has 0 N–H and O–H groups in total. The van der Waals surface area contributed by atoms with Crippen molar-refractivity contribution < 1.29 is 9.59 Å². The first-order chi connectivity index (χ1) is 5.29. The Morgan fingerprint density at radius 2 is 2.09 bits per heavy atom. The van der Waals surface area contributed by atoms with E-state index in [0.29, 0.717) is 12.8 Å². The van der Waals surface area contributed by atoms with Crippen molar-refractivity contribution in [2.24, 2.45) is 0 Å². The fourth-order valence-electron chi connectivity index (χ4n) is 1.94. The summed E-state index contributed by atoms with van der Waals surface area (Å²) in [5.74, 6) is 0.439. The summed E-state index contributed by atoms with van der Waals surface area (Å²) in [6, 6.07) is -0.0451. The molecule has 2 heterocycles. The molecule has 1 unspecified atom stereocenters. The number of nitrogens with zero attached hydrogens (tertiary/aromatic N) is 1. The zero-order valence-corrected chi connectivity index (χ0v) is 6.38. The zero-order chi connectivity index (χ0) is 7.84. The largest absolute Gasteiger partial charge is 0.333 e. The third-order valence-electron chi connectivity index (χ3n) is 2.53. The SMILES string of the molecule is O=C1CCC(=O)N2CCCC12. The van der Waals surface area contributed by atoms with E-state index in [4.69, 9.17) is 0 Å². The standard InChI is InChI=1S/C8H11NO2/c10-7-3-4-8(11)9-5-1-2-6(7)9/h6H,1-5H2. The molecular formula is C8H11NO2. The van der Waals surface area contributed by atoms with E-state index in [1.807, 2.05) is 0 Å². The maximum atomic E-state index is 11.2. The highest BCUT2D eigenvalue weighted by atomic mass is 16.2. The van der Waals surface area contributed by atoms with Crippen LogP contribution in [-0.2, 0) is 9.59 Å². The Kier molecular flexibility index (Phi) is 1.44. The Morgan fingerprint density at radius 3 is 2.82 bits per heavy atom. The van der Waals surface area contributed by atoms with Gasteiger partial charge < -0.3 is 4.90 Å². The number of piperidine rings is 1. The lowest BCUT2D eigenvalue weighted by Crippen LogP contribution is -2.44. The van der Waals surface area contributed by atoms with Gasteiger partial charge in [-0.15, -0.1) is 0 Å². The average Bonchev–Trinajstić information content (AvgIpc) is 2.45. The van der Waals surface area contributed by atoms with Crippen LogP contribution in [0.5, 0.6) is 0 Å². The number of hydrogen-bond donors (Lipinski definition) is 0. The van der Waals surface area contributed by atoms with Crippen molar-refractivity contribution in [3.8, 4) is 0 Å². The number of carbonyl (C=O) groups is 2. The van der Waals surface area contributed by atoms with Gasteiger partial charge in [0.15, 0.2) is 5.78 Å². The first kappa shape index (κ1) is 6.83. The van der Waals surface area contributed by atoms with Crippen LogP contribution in [0, 0.1) is 0 Å². The molecule has 60 valence electrons. The lowest BCUT2D eigenvalue weighted by molar-refractivity contribution is -0.142. The Hall–Kier alpha value is -0.860. The summed E-state index contributed by atoms with van der Waals surface area (Å²) in [4.78, 5) is 24.2. The minimum Gasteiger partial charge on any atom is -0.333 e. The molecule has 0 aromatic rings. The molecular weight excluding hydrogens is 142 g/mol. The van der Waals surface area contributed by atoms with Crippen LogP contribution in [0.3, 0.4) is 0 Å². The van der Waals surface area contributed by atoms with E-state index in [-0.39, 0.29) is 17.7 Å². The van der Waals surface area contributed by atoms with Crippen molar-refractivity contribution in [1.82, 2.24) is 4.90 Å². The molecule has 3 heteroatoms. The Labute approximate surface area is 65.4 Å². The van der Waals surface area contributed by atoms with Crippen molar-refractivity contribution in [3.63, 3.8) is 0 Å². The number of carbonyl (C=O) groups excluding carboxylic acids is 2. The first-order valence-corrected chi connectivity index (χ1v) is 4.11. The quantitative estimate of drug-likeness (QED) is 0.503. The van der Waals surface area contributed by atoms with Crippen molar-refractivity contribution in [3.05, 3.63) is 0 Å². The number of amides is 1. The second-order valence-corrected chi connectivity index (χ2v) is 3.21. The monoisotopic (exact) mass is 153 g/mol. The normalized spacial score (nSPS) is 30.9. The number of ketones is 1. The van der Waals surface area contributed by atoms with E-state index >= 15 is 0 Å². The van der Waals surface area contributed by atoms with Gasteiger partial charge in [0, 0.05) is 19.4 Å². The van der Waals surface area contributed by atoms with Crippen molar-refractivity contribution in [2.45, 2.75) is 31.7 Å². The minimum absolute atomic E-state index is 0.0451. The molecule has 0 aromatic heterocycles. The summed E-state index contributed by atoms with van der Waals surface area (Å²) >= 11 is 0. The van der Waals surface area contributed by atoms with Gasteiger partial charge in [0.2, 0.25) is 5.91 Å². The second kappa shape index (κ2) is 2.32. The molecule has 2 rings (SSSR count). The van der Waals surface area contributed by atoms with Gasteiger partial charge >= 0.3 is 0 Å². The van der Waals surface area contributed by atoms with Gasteiger partial charge in [-0.3, -0.25) is 9.59 Å². The van der Waals surface area contributed by atoms with E-state index in [0.717, 1.165) is 19.4 Å². The third kappa shape index (κ3) is 0.951. The highest BCUT2D eigenvalue weighted by molar-refractivity contribution is 5.95. The molecule has 3 nitrogen and oxygen atoms in total. The molecule has 1 atom stereocenters. The van der Waals surface area contributed by atoms with Gasteiger partial charge in [0.05, 0.1) is 6.04 Å². The maximum Gasteiger partial charge on any atom is 0.223 e. The Morgan fingerprint density at radius 1 is 1.27 bits per heavy atom. The smallest absolute Gasteiger partial charge is 0.223 e. The molecule has 0 saturated carbocycles. The molecule has 11 heavy (non-hydrogen) atoms. The number of fused-ring (bicyclic) bond motifs is 1. The lowest BCUT2D eigenvalue weighted by Gasteiger charge is -2.27. The van der Waals surface area contributed by atoms with E-state index in [9.17, 15) is 9.59 Å². The molecule has 2 aliphatic rings. The topological polar surface area (TPSA) is 37.4 Å². The van der Waals surface area contributed by atoms with Crippen molar-refractivity contribution >= 4 is 11.7 Å². The van der Waals surface area contributed by atoms with Crippen LogP contribution in [-0.4, -0.2) is 29.2 Å². The molecule has 0 aliphatic carbocycles. The molecule has 2 fully saturated rings. The van der Waals surface area contributed by atoms with Crippen LogP contribution >= 0.6 is 0 Å². The summed E-state index contributed by atoms with van der Waals surface area (Å²) in [6.07, 6.45) is 2.81. The molecule has 0 spiro atoms. The predicted octanol–water partition coefficient (Wildman–Crippen LogP) is 0.340. The van der Waals surface area contributed by atoms with Crippen LogP contribution in [0.25, 0.3) is 0 Å².